The molecule has 1 heterocycles. The Morgan fingerprint density at radius 1 is 1.16 bits per heavy atom. The van der Waals surface area contributed by atoms with Gasteiger partial charge in [-0.3, -0.25) is 9.78 Å². The number of aromatic nitrogens is 1. The maximum absolute atomic E-state index is 12.5. The molecule has 1 aromatic carbocycles. The van der Waals surface area contributed by atoms with Gasteiger partial charge in [-0.1, -0.05) is 11.6 Å². The van der Waals surface area contributed by atoms with Crippen molar-refractivity contribution in [3.8, 4) is 11.5 Å². The highest BCUT2D eigenvalue weighted by atomic mass is 79.9. The molecule has 0 saturated carbocycles. The number of nitrogens with one attached hydrogen (secondary N) is 1. The van der Waals surface area contributed by atoms with E-state index in [4.69, 9.17) is 21.1 Å². The monoisotopic (exact) mass is 584 g/mol. The number of pyridine rings is 1. The fraction of sp³-hybridized carbons (Fsp3) is 0.300. The molecule has 11 heteroatoms. The quantitative estimate of drug-likeness (QED) is 0.330. The number of ether oxygens (including phenoxy) is 2. The number of alkyl halides is 3. The van der Waals surface area contributed by atoms with E-state index in [0.29, 0.717) is 55.3 Å². The standard InChI is InChI=1S/C20H18Br2ClF3N2O3/c21-18(22)7-10-31-17-6-4-14(11-15(17)23)30-9-2-1-8-27-19(29)16-5-3-13(12-28-16)20(24,25)26/h3-7,11-12H,1-2,8-10H2,(H,27,29). The molecule has 2 rings (SSSR count). The average molecular weight is 587 g/mol. The molecule has 168 valence electrons. The van der Waals surface area contributed by atoms with E-state index >= 15 is 0 Å². The topological polar surface area (TPSA) is 60.5 Å². The predicted molar refractivity (Wildman–Crippen MR) is 119 cm³/mol. The Hall–Kier alpha value is -1.78. The Morgan fingerprint density at radius 2 is 1.94 bits per heavy atom. The summed E-state index contributed by atoms with van der Waals surface area (Å²) < 4.78 is 49.5. The lowest BCUT2D eigenvalue weighted by atomic mass is 10.2. The van der Waals surface area contributed by atoms with Crippen LogP contribution in [-0.4, -0.2) is 30.6 Å². The van der Waals surface area contributed by atoms with Crippen LogP contribution in [0.5, 0.6) is 11.5 Å². The Bertz CT molecular complexity index is 906. The number of benzene rings is 1. The van der Waals surface area contributed by atoms with Crippen LogP contribution in [0.15, 0.2) is 46.0 Å². The van der Waals surface area contributed by atoms with E-state index in [1.807, 2.05) is 0 Å². The molecule has 31 heavy (non-hydrogen) atoms. The third-order valence-electron chi connectivity index (χ3n) is 3.83. The molecule has 1 N–H and O–H groups in total. The Labute approximate surface area is 199 Å². The van der Waals surface area contributed by atoms with Crippen molar-refractivity contribution in [2.45, 2.75) is 19.0 Å². The minimum absolute atomic E-state index is 0.0693. The first-order valence-electron chi connectivity index (χ1n) is 9.04. The Morgan fingerprint density at radius 3 is 2.55 bits per heavy atom. The maximum Gasteiger partial charge on any atom is 0.417 e. The molecule has 0 spiro atoms. The van der Waals surface area contributed by atoms with Gasteiger partial charge in [-0.05, 0) is 75.0 Å². The number of carbonyl (C=O) groups is 1. The molecular formula is C20H18Br2ClF3N2O3. The highest BCUT2D eigenvalue weighted by molar-refractivity contribution is 9.28. The summed E-state index contributed by atoms with van der Waals surface area (Å²) >= 11 is 12.6. The van der Waals surface area contributed by atoms with Crippen molar-refractivity contribution < 1.29 is 27.4 Å². The smallest absolute Gasteiger partial charge is 0.417 e. The number of carbonyl (C=O) groups excluding carboxylic acids is 1. The second-order valence-electron chi connectivity index (χ2n) is 6.14. The van der Waals surface area contributed by atoms with Crippen molar-refractivity contribution >= 4 is 49.4 Å². The van der Waals surface area contributed by atoms with E-state index in [9.17, 15) is 18.0 Å². The molecule has 1 aromatic heterocycles. The van der Waals surface area contributed by atoms with E-state index < -0.39 is 17.6 Å². The van der Waals surface area contributed by atoms with E-state index in [1.54, 1.807) is 24.3 Å². The number of amides is 1. The fourth-order valence-corrected chi connectivity index (χ4v) is 2.78. The summed E-state index contributed by atoms with van der Waals surface area (Å²) in [6.45, 7) is 1.10. The van der Waals surface area contributed by atoms with Crippen LogP contribution in [0.2, 0.25) is 5.02 Å². The summed E-state index contributed by atoms with van der Waals surface area (Å²) in [5.74, 6) is 0.595. The lowest BCUT2D eigenvalue weighted by molar-refractivity contribution is -0.137. The second kappa shape index (κ2) is 12.3. The lowest BCUT2D eigenvalue weighted by Crippen LogP contribution is -2.25. The van der Waals surface area contributed by atoms with Crippen LogP contribution in [-0.2, 0) is 6.18 Å². The van der Waals surface area contributed by atoms with Gasteiger partial charge < -0.3 is 14.8 Å². The first kappa shape index (κ1) is 25.5. The van der Waals surface area contributed by atoms with Gasteiger partial charge in [0, 0.05) is 18.8 Å². The highest BCUT2D eigenvalue weighted by Gasteiger charge is 2.30. The number of rotatable bonds is 10. The van der Waals surface area contributed by atoms with Crippen LogP contribution in [0, 0.1) is 0 Å². The van der Waals surface area contributed by atoms with E-state index in [2.05, 4.69) is 42.2 Å². The molecule has 0 saturated heterocycles. The molecule has 0 aliphatic carbocycles. The SMILES string of the molecule is O=C(NCCCCOc1ccc(OCC=C(Br)Br)c(Cl)c1)c1ccc(C(F)(F)F)cn1. The van der Waals surface area contributed by atoms with Crippen molar-refractivity contribution in [3.63, 3.8) is 0 Å². The zero-order chi connectivity index (χ0) is 22.9. The number of hydrogen-bond acceptors (Lipinski definition) is 4. The van der Waals surface area contributed by atoms with Crippen molar-refractivity contribution in [1.29, 1.82) is 0 Å². The van der Waals surface area contributed by atoms with Crippen molar-refractivity contribution in [2.24, 2.45) is 0 Å². The minimum Gasteiger partial charge on any atom is -0.494 e. The first-order valence-corrected chi connectivity index (χ1v) is 11.0. The normalized spacial score (nSPS) is 11.0. The third-order valence-corrected chi connectivity index (χ3v) is 4.77. The van der Waals surface area contributed by atoms with Gasteiger partial charge in [-0.25, -0.2) is 0 Å². The first-order chi connectivity index (χ1) is 14.7. The van der Waals surface area contributed by atoms with Crippen molar-refractivity contribution in [3.05, 3.63) is 62.3 Å². The van der Waals surface area contributed by atoms with Gasteiger partial charge >= 0.3 is 6.18 Å². The lowest BCUT2D eigenvalue weighted by Gasteiger charge is -2.10. The minimum atomic E-state index is -4.48. The Balaban J connectivity index is 1.67. The van der Waals surface area contributed by atoms with Crippen LogP contribution in [0.4, 0.5) is 13.2 Å². The fourth-order valence-electron chi connectivity index (χ4n) is 2.29. The molecule has 5 nitrogen and oxygen atoms in total. The van der Waals surface area contributed by atoms with Crippen LogP contribution in [0.1, 0.15) is 28.9 Å². The molecule has 0 radical (unpaired) electrons. The number of hydrogen-bond donors (Lipinski definition) is 1. The maximum atomic E-state index is 12.5. The third kappa shape index (κ3) is 9.08. The summed E-state index contributed by atoms with van der Waals surface area (Å²) in [4.78, 5) is 15.5. The molecule has 2 aromatic rings. The summed E-state index contributed by atoms with van der Waals surface area (Å²) in [5, 5.41) is 3.04. The highest BCUT2D eigenvalue weighted by Crippen LogP contribution is 2.29. The van der Waals surface area contributed by atoms with E-state index in [0.717, 1.165) is 15.5 Å². The number of halogens is 6. The van der Waals surface area contributed by atoms with Crippen LogP contribution in [0.3, 0.4) is 0 Å². The van der Waals surface area contributed by atoms with Crippen molar-refractivity contribution in [2.75, 3.05) is 19.8 Å². The van der Waals surface area contributed by atoms with E-state index in [1.165, 1.54) is 0 Å². The largest absolute Gasteiger partial charge is 0.494 e. The van der Waals surface area contributed by atoms with Gasteiger partial charge in [-0.2, -0.15) is 13.2 Å². The Kier molecular flexibility index (Phi) is 10.1. The van der Waals surface area contributed by atoms with Gasteiger partial charge in [0.1, 0.15) is 23.8 Å². The average Bonchev–Trinajstić information content (AvgIpc) is 2.71. The molecule has 0 aliphatic rings. The summed E-state index contributed by atoms with van der Waals surface area (Å²) in [6.07, 6.45) is -0.786. The molecule has 1 amide bonds. The second-order valence-corrected chi connectivity index (χ2v) is 9.32. The summed E-state index contributed by atoms with van der Waals surface area (Å²) in [7, 11) is 0. The van der Waals surface area contributed by atoms with Gasteiger partial charge in [0.15, 0.2) is 0 Å². The summed E-state index contributed by atoms with van der Waals surface area (Å²) in [5.41, 5.74) is -0.968. The molecular weight excluding hydrogens is 568 g/mol. The number of unbranched alkanes of at least 4 members (excludes halogenated alkanes) is 1. The molecule has 0 aliphatic heterocycles. The van der Waals surface area contributed by atoms with Crippen LogP contribution >= 0.6 is 43.5 Å². The summed E-state index contributed by atoms with van der Waals surface area (Å²) in [6, 6.07) is 6.99. The van der Waals surface area contributed by atoms with Crippen LogP contribution in [0.25, 0.3) is 0 Å². The van der Waals surface area contributed by atoms with Crippen molar-refractivity contribution in [1.82, 2.24) is 10.3 Å². The van der Waals surface area contributed by atoms with E-state index in [-0.39, 0.29) is 5.69 Å². The number of nitrogens with zero attached hydrogens (tertiary/aromatic N) is 1. The van der Waals surface area contributed by atoms with Crippen LogP contribution < -0.4 is 14.8 Å². The molecule has 0 fully saturated rings. The van der Waals surface area contributed by atoms with Gasteiger partial charge in [-0.15, -0.1) is 0 Å². The molecule has 0 unspecified atom stereocenters. The zero-order valence-electron chi connectivity index (χ0n) is 16.0. The predicted octanol–water partition coefficient (Wildman–Crippen LogP) is 6.35. The molecule has 0 bridgehead atoms. The van der Waals surface area contributed by atoms with Gasteiger partial charge in [0.25, 0.3) is 5.91 Å². The molecule has 0 atom stereocenters. The zero-order valence-corrected chi connectivity index (χ0v) is 19.9. The van der Waals surface area contributed by atoms with Gasteiger partial charge in [0.2, 0.25) is 0 Å². The van der Waals surface area contributed by atoms with Gasteiger partial charge in [0.05, 0.1) is 20.6 Å².